The van der Waals surface area contributed by atoms with Crippen LogP contribution in [0.2, 0.25) is 0 Å². The minimum absolute atomic E-state index is 0.0336. The SMILES string of the molecule is COP1(=O)OC[C@H]2O[C@@H](n3cnc4c(=O)[nH]c(N)nc43)C(OP(C)(=O)OC[C@H]3O[C@@H](n4cnc5c(N)ncnc54)C(F)C3O1)C2O. The summed E-state index contributed by atoms with van der Waals surface area (Å²) < 4.78 is 85.3. The van der Waals surface area contributed by atoms with E-state index in [4.69, 9.17) is 43.6 Å². The molecule has 0 aliphatic carbocycles. The molecule has 7 heterocycles. The van der Waals surface area contributed by atoms with Crippen LogP contribution in [0.15, 0.2) is 23.8 Å². The molecule has 46 heavy (non-hydrogen) atoms. The van der Waals surface area contributed by atoms with Crippen LogP contribution in [0.3, 0.4) is 0 Å². The van der Waals surface area contributed by atoms with Gasteiger partial charge in [-0.25, -0.2) is 28.9 Å². The Labute approximate surface area is 256 Å². The summed E-state index contributed by atoms with van der Waals surface area (Å²) in [5.74, 6) is -0.178. The van der Waals surface area contributed by atoms with Crippen molar-refractivity contribution in [3.63, 3.8) is 0 Å². The van der Waals surface area contributed by atoms with E-state index in [1.54, 1.807) is 0 Å². The molecule has 3 aliphatic heterocycles. The first-order valence-corrected chi connectivity index (χ1v) is 17.0. The number of alkyl halides is 1. The molecule has 0 amide bonds. The van der Waals surface area contributed by atoms with E-state index in [1.807, 2.05) is 0 Å². The topological polar surface area (TPSA) is 278 Å². The number of nitrogen functional groups attached to an aromatic ring is 2. The van der Waals surface area contributed by atoms with Crippen LogP contribution in [0, 0.1) is 0 Å². The van der Waals surface area contributed by atoms with Gasteiger partial charge in [-0.15, -0.1) is 0 Å². The first-order chi connectivity index (χ1) is 21.9. The zero-order valence-corrected chi connectivity index (χ0v) is 25.6. The maximum atomic E-state index is 16.1. The number of nitrogens with two attached hydrogens (primary N) is 2. The minimum Gasteiger partial charge on any atom is -0.387 e. The fourth-order valence-electron chi connectivity index (χ4n) is 5.46. The predicted molar refractivity (Wildman–Crippen MR) is 151 cm³/mol. The average molecular weight is 688 g/mol. The number of hydrogen-bond acceptors (Lipinski definition) is 18. The van der Waals surface area contributed by atoms with Crippen LogP contribution in [0.4, 0.5) is 16.2 Å². The Hall–Kier alpha value is -3.43. The molecule has 4 aromatic rings. The number of aromatic nitrogens is 8. The fraction of sp³-hybridized carbons (Fsp3) is 0.545. The number of fused-ring (bicyclic) bond motifs is 5. The van der Waals surface area contributed by atoms with Crippen LogP contribution in [-0.4, -0.2) is 108 Å². The zero-order chi connectivity index (χ0) is 32.5. The van der Waals surface area contributed by atoms with E-state index in [-0.39, 0.29) is 34.1 Å². The Morgan fingerprint density at radius 1 is 0.978 bits per heavy atom. The number of ether oxygens (including phenoxy) is 2. The van der Waals surface area contributed by atoms with Crippen molar-refractivity contribution in [3.8, 4) is 0 Å². The Kier molecular flexibility index (Phi) is 7.71. The van der Waals surface area contributed by atoms with Crippen LogP contribution < -0.4 is 17.0 Å². The zero-order valence-electron chi connectivity index (χ0n) is 23.9. The average Bonchev–Trinajstić information content (AvgIpc) is 3.77. The van der Waals surface area contributed by atoms with Gasteiger partial charge in [0.2, 0.25) is 5.95 Å². The molecule has 3 saturated heterocycles. The van der Waals surface area contributed by atoms with Gasteiger partial charge in [-0.1, -0.05) is 0 Å². The van der Waals surface area contributed by atoms with Crippen molar-refractivity contribution >= 4 is 49.5 Å². The highest BCUT2D eigenvalue weighted by atomic mass is 31.2. The molecule has 0 radical (unpaired) electrons. The monoisotopic (exact) mass is 688 g/mol. The van der Waals surface area contributed by atoms with E-state index in [9.17, 15) is 19.0 Å². The second-order valence-corrected chi connectivity index (χ2v) is 14.3. The number of imidazole rings is 2. The number of phosphoric ester groups is 1. The molecular weight excluding hydrogens is 661 g/mol. The number of aliphatic hydroxyl groups excluding tert-OH is 1. The van der Waals surface area contributed by atoms with Crippen LogP contribution in [-0.2, 0) is 41.2 Å². The molecule has 2 bridgehead atoms. The van der Waals surface area contributed by atoms with Crippen molar-refractivity contribution in [2.24, 2.45) is 0 Å². The van der Waals surface area contributed by atoms with Gasteiger partial charge in [0.25, 0.3) is 5.56 Å². The van der Waals surface area contributed by atoms with E-state index in [1.165, 1.54) is 21.8 Å². The van der Waals surface area contributed by atoms with E-state index < -0.39 is 83.3 Å². The molecule has 248 valence electrons. The molecular formula is C22H27FN10O11P2. The fourth-order valence-corrected chi connectivity index (χ4v) is 7.74. The minimum atomic E-state index is -4.59. The van der Waals surface area contributed by atoms with Gasteiger partial charge in [0, 0.05) is 13.8 Å². The van der Waals surface area contributed by atoms with Crippen LogP contribution in [0.25, 0.3) is 22.3 Å². The van der Waals surface area contributed by atoms with Gasteiger partial charge < -0.3 is 30.6 Å². The molecule has 10 atom stereocenters. The van der Waals surface area contributed by atoms with Gasteiger partial charge in [-0.3, -0.25) is 41.6 Å². The lowest BCUT2D eigenvalue weighted by Gasteiger charge is -2.27. The number of halogens is 1. The van der Waals surface area contributed by atoms with E-state index in [2.05, 4.69) is 29.9 Å². The maximum Gasteiger partial charge on any atom is 0.475 e. The number of hydrogen-bond donors (Lipinski definition) is 4. The number of phosphoric acid groups is 1. The number of anilines is 2. The number of aromatic amines is 1. The molecule has 3 fully saturated rings. The highest BCUT2D eigenvalue weighted by molar-refractivity contribution is 7.53. The highest BCUT2D eigenvalue weighted by Crippen LogP contribution is 2.56. The van der Waals surface area contributed by atoms with Crippen molar-refractivity contribution in [2.45, 2.75) is 49.1 Å². The maximum absolute atomic E-state index is 16.1. The smallest absolute Gasteiger partial charge is 0.387 e. The van der Waals surface area contributed by atoms with Gasteiger partial charge in [-0.2, -0.15) is 4.98 Å². The van der Waals surface area contributed by atoms with Gasteiger partial charge >= 0.3 is 15.4 Å². The standard InChI is InChI=1S/C22H27FN10O11P2/c1-38-46(37)40-3-8-13(34)15(21(41-8)33-7-29-12-18(33)30-22(25)31-19(12)35)43-45(2,36)39-4-9-14(44-46)10(23)20(42-9)32-6-28-11-16(24)26-5-27-17(11)32/h5-10,13-15,20-21,34H,3-4H2,1-2H3,(H2,24,26,27)(H3,25,30,31,35)/t8-,9-,10?,13?,14?,15?,20-,21-,45?,46?/m1/s1. The van der Waals surface area contributed by atoms with Gasteiger partial charge in [0.1, 0.15) is 42.4 Å². The largest absolute Gasteiger partial charge is 0.475 e. The van der Waals surface area contributed by atoms with Gasteiger partial charge in [-0.05, 0) is 0 Å². The summed E-state index contributed by atoms with van der Waals surface area (Å²) in [5, 5.41) is 11.2. The molecule has 0 saturated carbocycles. The molecule has 6 unspecified atom stereocenters. The Bertz CT molecular complexity index is 1960. The summed E-state index contributed by atoms with van der Waals surface area (Å²) in [6.07, 6.45) is -8.57. The van der Waals surface area contributed by atoms with E-state index >= 15 is 4.39 Å². The van der Waals surface area contributed by atoms with Crippen LogP contribution >= 0.6 is 15.4 Å². The van der Waals surface area contributed by atoms with Crippen molar-refractivity contribution in [1.82, 2.24) is 39.0 Å². The van der Waals surface area contributed by atoms with E-state index in [0.717, 1.165) is 20.1 Å². The molecule has 3 aliphatic rings. The van der Waals surface area contributed by atoms with Crippen LogP contribution in [0.5, 0.6) is 0 Å². The predicted octanol–water partition coefficient (Wildman–Crippen LogP) is 0.0123. The van der Waals surface area contributed by atoms with Crippen molar-refractivity contribution in [3.05, 3.63) is 29.3 Å². The Morgan fingerprint density at radius 2 is 1.67 bits per heavy atom. The second-order valence-electron chi connectivity index (χ2n) is 10.6. The summed E-state index contributed by atoms with van der Waals surface area (Å²) in [6.45, 7) is -0.130. The molecule has 24 heteroatoms. The molecule has 6 N–H and O–H groups in total. The Morgan fingerprint density at radius 3 is 2.43 bits per heavy atom. The van der Waals surface area contributed by atoms with Crippen molar-refractivity contribution in [1.29, 1.82) is 0 Å². The normalized spacial score (nSPS) is 37.1. The summed E-state index contributed by atoms with van der Waals surface area (Å²) >= 11 is 0. The molecule has 0 aromatic carbocycles. The molecule has 0 spiro atoms. The number of H-pyrrole nitrogens is 1. The molecule has 7 rings (SSSR count). The second kappa shape index (κ2) is 11.4. The van der Waals surface area contributed by atoms with Gasteiger partial charge in [0.15, 0.2) is 41.3 Å². The lowest BCUT2D eigenvalue weighted by Crippen LogP contribution is -2.35. The third-order valence-electron chi connectivity index (χ3n) is 7.62. The molecule has 4 aromatic heterocycles. The summed E-state index contributed by atoms with van der Waals surface area (Å²) in [7, 11) is -7.71. The number of nitrogens with zero attached hydrogens (tertiary/aromatic N) is 7. The van der Waals surface area contributed by atoms with Crippen molar-refractivity contribution < 1.29 is 50.7 Å². The summed E-state index contributed by atoms with van der Waals surface area (Å²) in [5.41, 5.74) is 11.1. The third kappa shape index (κ3) is 5.29. The first-order valence-electron chi connectivity index (χ1n) is 13.6. The Balaban J connectivity index is 1.22. The van der Waals surface area contributed by atoms with Crippen molar-refractivity contribution in [2.75, 3.05) is 38.5 Å². The van der Waals surface area contributed by atoms with E-state index in [0.29, 0.717) is 0 Å². The molecule has 21 nitrogen and oxygen atoms in total. The quantitative estimate of drug-likeness (QED) is 0.206. The van der Waals surface area contributed by atoms with Gasteiger partial charge in [0.05, 0.1) is 25.9 Å². The number of rotatable bonds is 3. The summed E-state index contributed by atoms with van der Waals surface area (Å²) in [4.78, 5) is 34.9. The summed E-state index contributed by atoms with van der Waals surface area (Å²) in [6, 6.07) is 0. The highest BCUT2D eigenvalue weighted by Gasteiger charge is 2.54. The number of nitrogens with one attached hydrogen (secondary N) is 1. The number of aliphatic hydroxyl groups is 1. The lowest BCUT2D eigenvalue weighted by molar-refractivity contribution is -0.0637. The lowest BCUT2D eigenvalue weighted by atomic mass is 10.1. The van der Waals surface area contributed by atoms with Crippen LogP contribution in [0.1, 0.15) is 12.5 Å². The third-order valence-corrected chi connectivity index (χ3v) is 10.3. The first kappa shape index (κ1) is 31.2.